The van der Waals surface area contributed by atoms with Gasteiger partial charge in [-0.05, 0) is 36.6 Å². The molecule has 3 rings (SSSR count). The van der Waals surface area contributed by atoms with Crippen molar-refractivity contribution in [3.63, 3.8) is 0 Å². The van der Waals surface area contributed by atoms with Crippen LogP contribution >= 0.6 is 11.6 Å². The number of nitrogens with zero attached hydrogens (tertiary/aromatic N) is 1. The predicted octanol–water partition coefficient (Wildman–Crippen LogP) is 3.54. The lowest BCUT2D eigenvalue weighted by atomic mass is 9.72. The molecule has 0 spiro atoms. The van der Waals surface area contributed by atoms with E-state index in [9.17, 15) is 18.8 Å². The molecule has 2 amide bonds. The van der Waals surface area contributed by atoms with Crippen molar-refractivity contribution in [2.45, 2.75) is 25.2 Å². The third-order valence-electron chi connectivity index (χ3n) is 5.32. The summed E-state index contributed by atoms with van der Waals surface area (Å²) in [6.45, 7) is 1.87. The number of benzene rings is 2. The second-order valence-corrected chi connectivity index (χ2v) is 7.61. The fourth-order valence-electron chi connectivity index (χ4n) is 3.61. The van der Waals surface area contributed by atoms with Gasteiger partial charge in [0.15, 0.2) is 6.61 Å². The summed E-state index contributed by atoms with van der Waals surface area (Å²) in [7, 11) is 0. The monoisotopic (exact) mass is 432 g/mol. The van der Waals surface area contributed by atoms with Gasteiger partial charge in [-0.2, -0.15) is 0 Å². The van der Waals surface area contributed by atoms with Crippen molar-refractivity contribution in [1.82, 2.24) is 4.90 Å². The first-order chi connectivity index (χ1) is 14.3. The number of esters is 1. The highest BCUT2D eigenvalue weighted by Gasteiger charge is 2.44. The number of piperidine rings is 1. The van der Waals surface area contributed by atoms with Crippen LogP contribution < -0.4 is 5.32 Å². The Bertz CT molecular complexity index is 943. The highest BCUT2D eigenvalue weighted by atomic mass is 35.5. The summed E-state index contributed by atoms with van der Waals surface area (Å²) in [6, 6.07) is 13.0. The molecule has 0 bridgehead atoms. The Balaban J connectivity index is 1.69. The second kappa shape index (κ2) is 9.26. The number of ether oxygens (including phenoxy) is 1. The van der Waals surface area contributed by atoms with E-state index >= 15 is 0 Å². The number of carbonyl (C=O) groups is 3. The molecule has 30 heavy (non-hydrogen) atoms. The molecule has 1 heterocycles. The van der Waals surface area contributed by atoms with Gasteiger partial charge in [-0.15, -0.1) is 0 Å². The molecule has 0 aromatic heterocycles. The quantitative estimate of drug-likeness (QED) is 0.733. The van der Waals surface area contributed by atoms with Crippen molar-refractivity contribution in [2.75, 3.05) is 25.0 Å². The van der Waals surface area contributed by atoms with E-state index in [0.29, 0.717) is 31.6 Å². The van der Waals surface area contributed by atoms with Crippen molar-refractivity contribution in [3.8, 4) is 0 Å². The van der Waals surface area contributed by atoms with Gasteiger partial charge in [-0.25, -0.2) is 4.39 Å². The molecule has 1 fully saturated rings. The number of nitrogens with one attached hydrogen (secondary N) is 1. The van der Waals surface area contributed by atoms with Crippen LogP contribution in [0.15, 0.2) is 48.5 Å². The lowest BCUT2D eigenvalue weighted by Gasteiger charge is -2.40. The SMILES string of the molecule is CC(=O)N1CCC(C(=O)OCC(=O)Nc2ccc(F)c(Cl)c2)(c2ccccc2)CC1. The molecule has 0 radical (unpaired) electrons. The average Bonchev–Trinajstić information content (AvgIpc) is 2.75. The number of rotatable bonds is 5. The molecule has 1 aliphatic heterocycles. The zero-order chi connectivity index (χ0) is 21.7. The zero-order valence-electron chi connectivity index (χ0n) is 16.5. The maximum atomic E-state index is 13.2. The summed E-state index contributed by atoms with van der Waals surface area (Å²) in [4.78, 5) is 38.6. The van der Waals surface area contributed by atoms with Gasteiger partial charge in [0.05, 0.1) is 10.4 Å². The molecule has 1 N–H and O–H groups in total. The number of anilines is 1. The predicted molar refractivity (Wildman–Crippen MR) is 111 cm³/mol. The van der Waals surface area contributed by atoms with Crippen LogP contribution in [-0.2, 0) is 24.5 Å². The van der Waals surface area contributed by atoms with Gasteiger partial charge in [0, 0.05) is 25.7 Å². The van der Waals surface area contributed by atoms with Crippen LogP contribution in [0.1, 0.15) is 25.3 Å². The van der Waals surface area contributed by atoms with Crippen LogP contribution in [0, 0.1) is 5.82 Å². The first kappa shape index (κ1) is 21.8. The van der Waals surface area contributed by atoms with Crippen LogP contribution in [0.25, 0.3) is 0 Å². The number of carbonyl (C=O) groups excluding carboxylic acids is 3. The van der Waals surface area contributed by atoms with Crippen molar-refractivity contribution in [3.05, 3.63) is 64.9 Å². The van der Waals surface area contributed by atoms with E-state index in [-0.39, 0.29) is 10.9 Å². The van der Waals surface area contributed by atoms with Crippen LogP contribution in [0.2, 0.25) is 5.02 Å². The van der Waals surface area contributed by atoms with E-state index in [2.05, 4.69) is 5.32 Å². The van der Waals surface area contributed by atoms with Gasteiger partial charge in [0.1, 0.15) is 5.82 Å². The molecule has 0 aliphatic carbocycles. The van der Waals surface area contributed by atoms with E-state index < -0.39 is 29.7 Å². The molecule has 2 aromatic carbocycles. The Morgan fingerprint density at radius 1 is 1.13 bits per heavy atom. The first-order valence-electron chi connectivity index (χ1n) is 9.55. The molecule has 6 nitrogen and oxygen atoms in total. The molecule has 1 aliphatic rings. The molecule has 0 unspecified atom stereocenters. The Labute approximate surface area is 179 Å². The van der Waals surface area contributed by atoms with Gasteiger partial charge in [0.25, 0.3) is 5.91 Å². The standard InChI is InChI=1S/C22H22ClFN2O4/c1-15(27)26-11-9-22(10-12-26,16-5-3-2-4-6-16)21(29)30-14-20(28)25-17-7-8-19(24)18(23)13-17/h2-8,13H,9-12,14H2,1H3,(H,25,28). The van der Waals surface area contributed by atoms with Crippen LogP contribution in [0.3, 0.4) is 0 Å². The van der Waals surface area contributed by atoms with Crippen molar-refractivity contribution < 1.29 is 23.5 Å². The molecule has 0 saturated carbocycles. The van der Waals surface area contributed by atoms with E-state index in [4.69, 9.17) is 16.3 Å². The van der Waals surface area contributed by atoms with Gasteiger partial charge < -0.3 is 15.0 Å². The van der Waals surface area contributed by atoms with E-state index in [1.165, 1.54) is 19.1 Å². The van der Waals surface area contributed by atoms with Crippen molar-refractivity contribution >= 4 is 35.1 Å². The van der Waals surface area contributed by atoms with E-state index in [1.807, 2.05) is 30.3 Å². The molecule has 0 atom stereocenters. The molecule has 8 heteroatoms. The maximum absolute atomic E-state index is 13.2. The maximum Gasteiger partial charge on any atom is 0.317 e. The van der Waals surface area contributed by atoms with Gasteiger partial charge in [0.2, 0.25) is 5.91 Å². The minimum Gasteiger partial charge on any atom is -0.455 e. The lowest BCUT2D eigenvalue weighted by Crippen LogP contribution is -2.49. The van der Waals surface area contributed by atoms with Crippen LogP contribution in [-0.4, -0.2) is 42.4 Å². The normalized spacial score (nSPS) is 15.4. The van der Waals surface area contributed by atoms with Gasteiger partial charge in [-0.3, -0.25) is 14.4 Å². The van der Waals surface area contributed by atoms with Crippen LogP contribution in [0.5, 0.6) is 0 Å². The summed E-state index contributed by atoms with van der Waals surface area (Å²) in [5.41, 5.74) is 0.172. The molecule has 1 saturated heterocycles. The highest BCUT2D eigenvalue weighted by Crippen LogP contribution is 2.37. The molecular formula is C22H22ClFN2O4. The fraction of sp³-hybridized carbons (Fsp3) is 0.318. The number of likely N-dealkylation sites (tertiary alicyclic amines) is 1. The summed E-state index contributed by atoms with van der Waals surface area (Å²) < 4.78 is 18.6. The summed E-state index contributed by atoms with van der Waals surface area (Å²) in [5, 5.41) is 2.40. The molecular weight excluding hydrogens is 411 g/mol. The topological polar surface area (TPSA) is 75.7 Å². The largest absolute Gasteiger partial charge is 0.455 e. The van der Waals surface area contributed by atoms with E-state index in [1.54, 1.807) is 4.90 Å². The summed E-state index contributed by atoms with van der Waals surface area (Å²) in [6.07, 6.45) is 0.815. The Morgan fingerprint density at radius 2 is 1.80 bits per heavy atom. The summed E-state index contributed by atoms with van der Waals surface area (Å²) in [5.74, 6) is -1.70. The van der Waals surface area contributed by atoms with Gasteiger partial charge >= 0.3 is 5.97 Å². The Hall–Kier alpha value is -2.93. The summed E-state index contributed by atoms with van der Waals surface area (Å²) >= 11 is 5.71. The Kier molecular flexibility index (Phi) is 6.72. The third kappa shape index (κ3) is 4.79. The fourth-order valence-corrected chi connectivity index (χ4v) is 3.79. The Morgan fingerprint density at radius 3 is 2.40 bits per heavy atom. The number of hydrogen-bond donors (Lipinski definition) is 1. The van der Waals surface area contributed by atoms with Crippen molar-refractivity contribution in [2.24, 2.45) is 0 Å². The third-order valence-corrected chi connectivity index (χ3v) is 5.61. The minimum absolute atomic E-state index is 0.0395. The van der Waals surface area contributed by atoms with Gasteiger partial charge in [-0.1, -0.05) is 41.9 Å². The molecule has 2 aromatic rings. The zero-order valence-corrected chi connectivity index (χ0v) is 17.2. The first-order valence-corrected chi connectivity index (χ1v) is 9.93. The highest BCUT2D eigenvalue weighted by molar-refractivity contribution is 6.31. The second-order valence-electron chi connectivity index (χ2n) is 7.21. The number of halogens is 2. The average molecular weight is 433 g/mol. The lowest BCUT2D eigenvalue weighted by molar-refractivity contribution is -0.156. The minimum atomic E-state index is -0.924. The number of hydrogen-bond acceptors (Lipinski definition) is 4. The molecule has 158 valence electrons. The van der Waals surface area contributed by atoms with Crippen LogP contribution in [0.4, 0.5) is 10.1 Å². The number of amides is 2. The van der Waals surface area contributed by atoms with E-state index in [0.717, 1.165) is 11.6 Å². The smallest absolute Gasteiger partial charge is 0.317 e. The van der Waals surface area contributed by atoms with Crippen molar-refractivity contribution in [1.29, 1.82) is 0 Å².